The fraction of sp³-hybridized carbons (Fsp3) is 0.375. The number of hydrogen-bond acceptors (Lipinski definition) is 6. The van der Waals surface area contributed by atoms with Crippen molar-refractivity contribution in [2.75, 3.05) is 31.9 Å². The van der Waals surface area contributed by atoms with Gasteiger partial charge in [0, 0.05) is 32.2 Å². The number of carbonyl (C=O) groups excluding carboxylic acids is 1. The van der Waals surface area contributed by atoms with E-state index in [4.69, 9.17) is 0 Å². The zero-order chi connectivity index (χ0) is 23.7. The van der Waals surface area contributed by atoms with E-state index < -0.39 is 10.0 Å². The molecule has 178 valence electrons. The van der Waals surface area contributed by atoms with Gasteiger partial charge >= 0.3 is 0 Å². The van der Waals surface area contributed by atoms with Crippen LogP contribution in [-0.4, -0.2) is 65.0 Å². The zero-order valence-corrected chi connectivity index (χ0v) is 20.3. The van der Waals surface area contributed by atoms with E-state index in [1.54, 1.807) is 27.7 Å². The molecule has 1 saturated carbocycles. The number of thioether (sulfide) groups is 1. The molecule has 1 aromatic heterocycles. The maximum Gasteiger partial charge on any atom is 0.262 e. The van der Waals surface area contributed by atoms with Crippen molar-refractivity contribution in [1.29, 1.82) is 0 Å². The topological polar surface area (TPSA) is 92.6 Å². The van der Waals surface area contributed by atoms with Gasteiger partial charge in [0.15, 0.2) is 5.16 Å². The van der Waals surface area contributed by atoms with Crippen LogP contribution in [0.2, 0.25) is 0 Å². The minimum absolute atomic E-state index is 0.0377. The molecule has 0 spiro atoms. The van der Waals surface area contributed by atoms with Gasteiger partial charge in [-0.25, -0.2) is 13.4 Å². The Hall–Kier alpha value is -2.69. The molecule has 3 aromatic rings. The summed E-state index contributed by atoms with van der Waals surface area (Å²) in [5.74, 6) is 0.0490. The standard InChI is InChI=1S/C24H26N4O4S2/c29-22(26-12-14-27(15-13-26)34(31,32)17-18-6-2-1-3-7-18)16-33-24-25-21-9-5-4-8-20(21)23(30)28(24)19-10-11-19/h1-9,19H,10-17H2. The molecule has 2 aliphatic rings. The molecule has 2 aromatic carbocycles. The van der Waals surface area contributed by atoms with Gasteiger partial charge < -0.3 is 4.90 Å². The number of sulfonamides is 1. The summed E-state index contributed by atoms with van der Waals surface area (Å²) in [7, 11) is -3.43. The average Bonchev–Trinajstić information content (AvgIpc) is 3.68. The van der Waals surface area contributed by atoms with Crippen molar-refractivity contribution in [3.8, 4) is 0 Å². The average molecular weight is 499 g/mol. The van der Waals surface area contributed by atoms with E-state index in [-0.39, 0.29) is 42.1 Å². The number of hydrogen-bond donors (Lipinski definition) is 0. The van der Waals surface area contributed by atoms with Crippen molar-refractivity contribution in [2.24, 2.45) is 0 Å². The lowest BCUT2D eigenvalue weighted by Gasteiger charge is -2.34. The van der Waals surface area contributed by atoms with Gasteiger partial charge in [-0.2, -0.15) is 4.31 Å². The summed E-state index contributed by atoms with van der Waals surface area (Å²) in [5.41, 5.74) is 1.33. The second-order valence-electron chi connectivity index (χ2n) is 8.63. The molecule has 34 heavy (non-hydrogen) atoms. The van der Waals surface area contributed by atoms with E-state index >= 15 is 0 Å². The summed E-state index contributed by atoms with van der Waals surface area (Å²) >= 11 is 1.28. The summed E-state index contributed by atoms with van der Waals surface area (Å²) in [6, 6.07) is 16.5. The van der Waals surface area contributed by atoms with E-state index in [1.165, 1.54) is 16.1 Å². The summed E-state index contributed by atoms with van der Waals surface area (Å²) in [6.07, 6.45) is 1.89. The van der Waals surface area contributed by atoms with E-state index in [1.807, 2.05) is 36.4 Å². The number of amides is 1. The van der Waals surface area contributed by atoms with Crippen LogP contribution >= 0.6 is 11.8 Å². The summed E-state index contributed by atoms with van der Waals surface area (Å²) in [6.45, 7) is 1.28. The largest absolute Gasteiger partial charge is 0.339 e. The Balaban J connectivity index is 1.22. The molecule has 1 amide bonds. The number of aromatic nitrogens is 2. The second-order valence-corrected chi connectivity index (χ2v) is 11.5. The molecule has 2 heterocycles. The quantitative estimate of drug-likeness (QED) is 0.367. The van der Waals surface area contributed by atoms with E-state index in [2.05, 4.69) is 4.98 Å². The van der Waals surface area contributed by atoms with E-state index in [9.17, 15) is 18.0 Å². The van der Waals surface area contributed by atoms with Gasteiger partial charge in [0.1, 0.15) is 0 Å². The first-order valence-electron chi connectivity index (χ1n) is 11.4. The minimum atomic E-state index is -3.43. The van der Waals surface area contributed by atoms with Crippen LogP contribution < -0.4 is 5.56 Å². The number of nitrogens with zero attached hydrogens (tertiary/aromatic N) is 4. The molecule has 0 bridgehead atoms. The van der Waals surface area contributed by atoms with Crippen LogP contribution in [0.3, 0.4) is 0 Å². The number of carbonyl (C=O) groups is 1. The first kappa shape index (κ1) is 23.1. The van der Waals surface area contributed by atoms with Gasteiger partial charge in [0.25, 0.3) is 5.56 Å². The Labute approximate surface area is 202 Å². The SMILES string of the molecule is O=C(CSc1nc2ccccc2c(=O)n1C1CC1)N1CCN(S(=O)(=O)Cc2ccccc2)CC1. The molecular weight excluding hydrogens is 472 g/mol. The monoisotopic (exact) mass is 498 g/mol. The van der Waals surface area contributed by atoms with Crippen molar-refractivity contribution in [3.63, 3.8) is 0 Å². The van der Waals surface area contributed by atoms with Gasteiger partial charge in [-0.3, -0.25) is 14.2 Å². The highest BCUT2D eigenvalue weighted by Crippen LogP contribution is 2.36. The Morgan fingerprint density at radius 3 is 2.35 bits per heavy atom. The van der Waals surface area contributed by atoms with Gasteiger partial charge in [-0.1, -0.05) is 54.2 Å². The Morgan fingerprint density at radius 2 is 1.65 bits per heavy atom. The maximum absolute atomic E-state index is 13.0. The summed E-state index contributed by atoms with van der Waals surface area (Å²) in [5, 5.41) is 1.17. The van der Waals surface area contributed by atoms with Crippen LogP contribution in [0.1, 0.15) is 24.4 Å². The van der Waals surface area contributed by atoms with Crippen LogP contribution in [0, 0.1) is 0 Å². The van der Waals surface area contributed by atoms with Gasteiger partial charge in [-0.05, 0) is 30.5 Å². The molecule has 1 aliphatic heterocycles. The lowest BCUT2D eigenvalue weighted by Crippen LogP contribution is -2.51. The van der Waals surface area contributed by atoms with Gasteiger partial charge in [0.05, 0.1) is 22.4 Å². The van der Waals surface area contributed by atoms with Gasteiger partial charge in [0.2, 0.25) is 15.9 Å². The zero-order valence-electron chi connectivity index (χ0n) is 18.7. The fourth-order valence-electron chi connectivity index (χ4n) is 4.19. The van der Waals surface area contributed by atoms with Crippen molar-refractivity contribution >= 4 is 38.6 Å². The van der Waals surface area contributed by atoms with Crippen LogP contribution in [0.4, 0.5) is 0 Å². The molecule has 5 rings (SSSR count). The highest BCUT2D eigenvalue weighted by Gasteiger charge is 2.31. The molecule has 10 heteroatoms. The van der Waals surface area contributed by atoms with Crippen molar-refractivity contribution in [3.05, 3.63) is 70.5 Å². The molecule has 1 saturated heterocycles. The smallest absolute Gasteiger partial charge is 0.262 e. The highest BCUT2D eigenvalue weighted by atomic mass is 32.2. The van der Waals surface area contributed by atoms with E-state index in [0.29, 0.717) is 29.1 Å². The van der Waals surface area contributed by atoms with Crippen LogP contribution in [0.15, 0.2) is 64.5 Å². The highest BCUT2D eigenvalue weighted by molar-refractivity contribution is 7.99. The van der Waals surface area contributed by atoms with Crippen LogP contribution in [-0.2, 0) is 20.6 Å². The Kier molecular flexibility index (Phi) is 6.46. The van der Waals surface area contributed by atoms with Crippen molar-refractivity contribution in [1.82, 2.24) is 18.8 Å². The maximum atomic E-state index is 13.0. The fourth-order valence-corrected chi connectivity index (χ4v) is 6.68. The molecule has 1 aliphatic carbocycles. The predicted molar refractivity (Wildman–Crippen MR) is 132 cm³/mol. The summed E-state index contributed by atoms with van der Waals surface area (Å²) < 4.78 is 28.7. The Bertz CT molecular complexity index is 1360. The van der Waals surface area contributed by atoms with Crippen LogP contribution in [0.5, 0.6) is 0 Å². The number of benzene rings is 2. The molecule has 0 N–H and O–H groups in total. The number of fused-ring (bicyclic) bond motifs is 1. The van der Waals surface area contributed by atoms with Crippen molar-refractivity contribution in [2.45, 2.75) is 29.8 Å². The third kappa shape index (κ3) is 4.89. The summed E-state index contributed by atoms with van der Waals surface area (Å²) in [4.78, 5) is 32.2. The molecule has 0 atom stereocenters. The molecule has 2 fully saturated rings. The first-order valence-corrected chi connectivity index (χ1v) is 14.0. The number of para-hydroxylation sites is 1. The third-order valence-electron chi connectivity index (χ3n) is 6.19. The van der Waals surface area contributed by atoms with Crippen LogP contribution in [0.25, 0.3) is 10.9 Å². The molecular formula is C24H26N4O4S2. The van der Waals surface area contributed by atoms with Crippen molar-refractivity contribution < 1.29 is 13.2 Å². The van der Waals surface area contributed by atoms with Gasteiger partial charge in [-0.15, -0.1) is 0 Å². The first-order chi connectivity index (χ1) is 16.4. The number of piperazine rings is 1. The molecule has 0 radical (unpaired) electrons. The van der Waals surface area contributed by atoms with E-state index in [0.717, 1.165) is 18.4 Å². The predicted octanol–water partition coefficient (Wildman–Crippen LogP) is 2.50. The second kappa shape index (κ2) is 9.52. The normalized spacial score (nSPS) is 17.2. The molecule has 0 unspecified atom stereocenters. The lowest BCUT2D eigenvalue weighted by molar-refractivity contribution is -0.129. The number of rotatable bonds is 7. The lowest BCUT2D eigenvalue weighted by atomic mass is 10.2. The minimum Gasteiger partial charge on any atom is -0.339 e. The molecule has 8 nitrogen and oxygen atoms in total. The third-order valence-corrected chi connectivity index (χ3v) is 8.98. The Morgan fingerprint density at radius 1 is 0.971 bits per heavy atom.